The van der Waals surface area contributed by atoms with E-state index in [1.807, 2.05) is 30.3 Å². The summed E-state index contributed by atoms with van der Waals surface area (Å²) in [5, 5.41) is 0.858. The van der Waals surface area contributed by atoms with Gasteiger partial charge in [0.25, 0.3) is 5.91 Å². The van der Waals surface area contributed by atoms with Crippen molar-refractivity contribution >= 4 is 28.9 Å². The molecule has 0 aliphatic carbocycles. The molecule has 1 amide bonds. The highest BCUT2D eigenvalue weighted by Gasteiger charge is 2.28. The Bertz CT molecular complexity index is 622. The molecular weight excluding hydrogens is 296 g/mol. The highest BCUT2D eigenvalue weighted by atomic mass is 32.2. The average Bonchev–Trinajstić information content (AvgIpc) is 2.89. The van der Waals surface area contributed by atoms with Gasteiger partial charge in [-0.2, -0.15) is 4.99 Å². The average molecular weight is 316 g/mol. The van der Waals surface area contributed by atoms with Crippen molar-refractivity contribution in [2.45, 2.75) is 19.8 Å². The van der Waals surface area contributed by atoms with Gasteiger partial charge in [0.1, 0.15) is 5.75 Å². The van der Waals surface area contributed by atoms with Crippen LogP contribution in [0.5, 0.6) is 5.75 Å². The molecular formula is C17H20N2O2S. The van der Waals surface area contributed by atoms with Gasteiger partial charge in [-0.25, -0.2) is 0 Å². The lowest BCUT2D eigenvalue weighted by Gasteiger charge is -2.31. The summed E-state index contributed by atoms with van der Waals surface area (Å²) >= 11 is 1.49. The molecule has 1 unspecified atom stereocenters. The molecule has 2 aliphatic heterocycles. The standard InChI is InChI=1S/C17H20N2O2S/c1-12-4-3-9-19(11-12)17-18-16(20)15(22-17)10-13-5-7-14(21-2)8-6-13/h5-8,10,12H,3-4,9,11H2,1-2H3. The zero-order valence-corrected chi connectivity index (χ0v) is 13.7. The predicted molar refractivity (Wildman–Crippen MR) is 91.0 cm³/mol. The molecule has 2 aliphatic rings. The molecule has 0 bridgehead atoms. The number of amidine groups is 1. The first-order chi connectivity index (χ1) is 10.7. The third-order valence-corrected chi connectivity index (χ3v) is 4.99. The Morgan fingerprint density at radius 3 is 2.82 bits per heavy atom. The third kappa shape index (κ3) is 3.35. The Morgan fingerprint density at radius 2 is 2.14 bits per heavy atom. The lowest BCUT2D eigenvalue weighted by atomic mass is 10.0. The fourth-order valence-corrected chi connectivity index (χ4v) is 3.70. The highest BCUT2D eigenvalue weighted by molar-refractivity contribution is 8.18. The molecule has 1 fully saturated rings. The second kappa shape index (κ2) is 6.57. The summed E-state index contributed by atoms with van der Waals surface area (Å²) in [5.41, 5.74) is 0.986. The number of benzene rings is 1. The number of nitrogens with zero attached hydrogens (tertiary/aromatic N) is 2. The summed E-state index contributed by atoms with van der Waals surface area (Å²) in [7, 11) is 1.64. The van der Waals surface area contributed by atoms with E-state index >= 15 is 0 Å². The van der Waals surface area contributed by atoms with Gasteiger partial charge < -0.3 is 9.64 Å². The first-order valence-electron chi connectivity index (χ1n) is 7.57. The summed E-state index contributed by atoms with van der Waals surface area (Å²) in [6.07, 6.45) is 4.33. The monoisotopic (exact) mass is 316 g/mol. The molecule has 2 heterocycles. The van der Waals surface area contributed by atoms with E-state index < -0.39 is 0 Å². The number of rotatable bonds is 2. The maximum absolute atomic E-state index is 12.1. The van der Waals surface area contributed by atoms with Crippen LogP contribution in [0.2, 0.25) is 0 Å². The van der Waals surface area contributed by atoms with Gasteiger partial charge in [-0.1, -0.05) is 19.1 Å². The Labute approximate surface area is 135 Å². The molecule has 0 saturated carbocycles. The first kappa shape index (κ1) is 15.2. The Morgan fingerprint density at radius 1 is 1.36 bits per heavy atom. The van der Waals surface area contributed by atoms with Crippen molar-refractivity contribution in [3.63, 3.8) is 0 Å². The van der Waals surface area contributed by atoms with Crippen LogP contribution in [0.4, 0.5) is 0 Å². The van der Waals surface area contributed by atoms with Crippen LogP contribution in [0.15, 0.2) is 34.2 Å². The van der Waals surface area contributed by atoms with Crippen LogP contribution >= 0.6 is 11.8 Å². The molecule has 1 aromatic carbocycles. The lowest BCUT2D eigenvalue weighted by Crippen LogP contribution is -2.37. The summed E-state index contributed by atoms with van der Waals surface area (Å²) in [6, 6.07) is 7.68. The zero-order chi connectivity index (χ0) is 15.5. The number of likely N-dealkylation sites (tertiary alicyclic amines) is 1. The smallest absolute Gasteiger partial charge is 0.286 e. The van der Waals surface area contributed by atoms with Gasteiger partial charge in [-0.05, 0) is 54.3 Å². The van der Waals surface area contributed by atoms with Crippen LogP contribution in [0, 0.1) is 5.92 Å². The van der Waals surface area contributed by atoms with E-state index in [0.717, 1.165) is 29.6 Å². The maximum atomic E-state index is 12.1. The van der Waals surface area contributed by atoms with Gasteiger partial charge in [0.05, 0.1) is 12.0 Å². The van der Waals surface area contributed by atoms with Crippen molar-refractivity contribution < 1.29 is 9.53 Å². The molecule has 1 atom stereocenters. The van der Waals surface area contributed by atoms with E-state index in [2.05, 4.69) is 16.8 Å². The van der Waals surface area contributed by atoms with E-state index in [-0.39, 0.29) is 5.91 Å². The van der Waals surface area contributed by atoms with Crippen LogP contribution in [-0.2, 0) is 4.79 Å². The van der Waals surface area contributed by atoms with E-state index in [9.17, 15) is 4.79 Å². The number of aliphatic imine (C=N–C) groups is 1. The van der Waals surface area contributed by atoms with E-state index in [1.54, 1.807) is 7.11 Å². The molecule has 0 radical (unpaired) electrons. The number of hydrogen-bond donors (Lipinski definition) is 0. The SMILES string of the molecule is COc1ccc(C=C2SC(N3CCCC(C)C3)=NC2=O)cc1. The summed E-state index contributed by atoms with van der Waals surface area (Å²) in [4.78, 5) is 19.3. The lowest BCUT2D eigenvalue weighted by molar-refractivity contribution is -0.113. The van der Waals surface area contributed by atoms with Gasteiger partial charge in [-0.15, -0.1) is 0 Å². The number of amides is 1. The van der Waals surface area contributed by atoms with Crippen LogP contribution in [0.1, 0.15) is 25.3 Å². The van der Waals surface area contributed by atoms with Crippen LogP contribution in [0.3, 0.4) is 0 Å². The molecule has 1 aromatic rings. The third-order valence-electron chi connectivity index (χ3n) is 3.95. The van der Waals surface area contributed by atoms with Crippen molar-refractivity contribution in [1.29, 1.82) is 0 Å². The number of carbonyl (C=O) groups excluding carboxylic acids is 1. The minimum absolute atomic E-state index is 0.131. The number of carbonyl (C=O) groups is 1. The van der Waals surface area contributed by atoms with Gasteiger partial charge in [0.2, 0.25) is 0 Å². The van der Waals surface area contributed by atoms with E-state index in [1.165, 1.54) is 24.6 Å². The summed E-state index contributed by atoms with van der Waals surface area (Å²) in [6.45, 7) is 4.25. The number of ether oxygens (including phenoxy) is 1. The Balaban J connectivity index is 1.72. The molecule has 0 spiro atoms. The largest absolute Gasteiger partial charge is 0.497 e. The molecule has 22 heavy (non-hydrogen) atoms. The Hall–Kier alpha value is -1.75. The highest BCUT2D eigenvalue weighted by Crippen LogP contribution is 2.32. The van der Waals surface area contributed by atoms with E-state index in [0.29, 0.717) is 10.8 Å². The van der Waals surface area contributed by atoms with Crippen LogP contribution < -0.4 is 4.74 Å². The maximum Gasteiger partial charge on any atom is 0.286 e. The molecule has 0 N–H and O–H groups in total. The fourth-order valence-electron chi connectivity index (χ4n) is 2.75. The molecule has 0 aromatic heterocycles. The van der Waals surface area contributed by atoms with Crippen molar-refractivity contribution in [1.82, 2.24) is 4.90 Å². The molecule has 3 rings (SSSR count). The van der Waals surface area contributed by atoms with Crippen LogP contribution in [-0.4, -0.2) is 36.2 Å². The van der Waals surface area contributed by atoms with Crippen molar-refractivity contribution in [2.75, 3.05) is 20.2 Å². The second-order valence-corrected chi connectivity index (χ2v) is 6.79. The summed E-state index contributed by atoms with van der Waals surface area (Å²) < 4.78 is 5.14. The van der Waals surface area contributed by atoms with Crippen molar-refractivity contribution in [3.05, 3.63) is 34.7 Å². The van der Waals surface area contributed by atoms with E-state index in [4.69, 9.17) is 4.74 Å². The predicted octanol–water partition coefficient (Wildman–Crippen LogP) is 3.40. The Kier molecular flexibility index (Phi) is 4.52. The van der Waals surface area contributed by atoms with Gasteiger partial charge in [0, 0.05) is 13.1 Å². The minimum atomic E-state index is -0.131. The topological polar surface area (TPSA) is 41.9 Å². The van der Waals surface area contributed by atoms with Crippen molar-refractivity contribution in [2.24, 2.45) is 10.9 Å². The fraction of sp³-hybridized carbons (Fsp3) is 0.412. The molecule has 116 valence electrons. The number of methoxy groups -OCH3 is 1. The van der Waals surface area contributed by atoms with Gasteiger partial charge in [0.15, 0.2) is 5.17 Å². The van der Waals surface area contributed by atoms with Gasteiger partial charge >= 0.3 is 0 Å². The van der Waals surface area contributed by atoms with Crippen LogP contribution in [0.25, 0.3) is 6.08 Å². The second-order valence-electron chi connectivity index (χ2n) is 5.78. The molecule has 1 saturated heterocycles. The minimum Gasteiger partial charge on any atom is -0.497 e. The quantitative estimate of drug-likeness (QED) is 0.784. The number of hydrogen-bond acceptors (Lipinski definition) is 4. The normalized spacial score (nSPS) is 23.8. The molecule has 4 nitrogen and oxygen atoms in total. The zero-order valence-electron chi connectivity index (χ0n) is 12.9. The molecule has 5 heteroatoms. The number of piperidine rings is 1. The summed E-state index contributed by atoms with van der Waals surface area (Å²) in [5.74, 6) is 1.35. The first-order valence-corrected chi connectivity index (χ1v) is 8.39. The number of thioether (sulfide) groups is 1. The van der Waals surface area contributed by atoms with Gasteiger partial charge in [-0.3, -0.25) is 4.79 Å². The van der Waals surface area contributed by atoms with Crippen molar-refractivity contribution in [3.8, 4) is 5.75 Å².